The first-order valence-electron chi connectivity index (χ1n) is 5.59. The van der Waals surface area contributed by atoms with Crippen LogP contribution in [-0.4, -0.2) is 44.0 Å². The van der Waals surface area contributed by atoms with Gasteiger partial charge in [-0.1, -0.05) is 0 Å². The van der Waals surface area contributed by atoms with Gasteiger partial charge in [-0.3, -0.25) is 4.79 Å². The molecule has 7 heteroatoms. The van der Waals surface area contributed by atoms with Gasteiger partial charge in [-0.2, -0.15) is 5.26 Å². The molecule has 2 saturated heterocycles. The summed E-state index contributed by atoms with van der Waals surface area (Å²) < 4.78 is 24.7. The van der Waals surface area contributed by atoms with Crippen molar-refractivity contribution in [2.45, 2.75) is 19.3 Å². The van der Waals surface area contributed by atoms with Crippen LogP contribution in [0.1, 0.15) is 19.3 Å². The van der Waals surface area contributed by atoms with Gasteiger partial charge in [0.25, 0.3) is 0 Å². The van der Waals surface area contributed by atoms with Crippen LogP contribution in [0.2, 0.25) is 0 Å². The van der Waals surface area contributed by atoms with Crippen LogP contribution in [0.4, 0.5) is 0 Å². The highest BCUT2D eigenvalue weighted by atomic mass is 32.2. The van der Waals surface area contributed by atoms with Gasteiger partial charge < -0.3 is 5.32 Å². The van der Waals surface area contributed by atoms with E-state index in [-0.39, 0.29) is 11.3 Å². The van der Waals surface area contributed by atoms with Crippen molar-refractivity contribution in [3.05, 3.63) is 0 Å². The molecule has 2 heterocycles. The molecule has 0 bridgehead atoms. The average molecular weight is 257 g/mol. The summed E-state index contributed by atoms with van der Waals surface area (Å²) >= 11 is 0. The second kappa shape index (κ2) is 4.27. The highest BCUT2D eigenvalue weighted by molar-refractivity contribution is 7.89. The average Bonchev–Trinajstić information content (AvgIpc) is 2.60. The Hall–Kier alpha value is -1.13. The van der Waals surface area contributed by atoms with E-state index in [1.54, 1.807) is 6.07 Å². The maximum Gasteiger partial charge on any atom is 0.227 e. The number of nitriles is 1. The van der Waals surface area contributed by atoms with E-state index in [0.29, 0.717) is 38.9 Å². The van der Waals surface area contributed by atoms with Crippen LogP contribution in [0.15, 0.2) is 0 Å². The standard InChI is InChI=1S/C10H15N3O3S/c11-3-6-17(15,16)13-4-1-10(2-5-13)7-9(14)12-8-10/h1-2,4-8H2,(H,12,14). The molecule has 0 saturated carbocycles. The molecule has 0 aromatic heterocycles. The van der Waals surface area contributed by atoms with E-state index in [0.717, 1.165) is 0 Å². The molecule has 1 spiro atoms. The molecule has 0 atom stereocenters. The maximum absolute atomic E-state index is 11.7. The van der Waals surface area contributed by atoms with E-state index in [1.807, 2.05) is 0 Å². The predicted octanol–water partition coefficient (Wildman–Crippen LogP) is -0.558. The predicted molar refractivity (Wildman–Crippen MR) is 60.3 cm³/mol. The summed E-state index contributed by atoms with van der Waals surface area (Å²) in [4.78, 5) is 11.2. The number of nitrogens with one attached hydrogen (secondary N) is 1. The van der Waals surface area contributed by atoms with Crippen LogP contribution in [-0.2, 0) is 14.8 Å². The molecule has 17 heavy (non-hydrogen) atoms. The lowest BCUT2D eigenvalue weighted by Crippen LogP contribution is -2.44. The van der Waals surface area contributed by atoms with E-state index in [1.165, 1.54) is 4.31 Å². The Morgan fingerprint density at radius 1 is 1.41 bits per heavy atom. The molecule has 2 rings (SSSR count). The third kappa shape index (κ3) is 2.42. The van der Waals surface area contributed by atoms with Gasteiger partial charge in [0.2, 0.25) is 15.9 Å². The van der Waals surface area contributed by atoms with Crippen molar-refractivity contribution in [2.24, 2.45) is 5.41 Å². The Kier molecular flexibility index (Phi) is 3.10. The van der Waals surface area contributed by atoms with Crippen LogP contribution in [0.5, 0.6) is 0 Å². The number of hydrogen-bond donors (Lipinski definition) is 1. The molecule has 2 aliphatic heterocycles. The normalized spacial score (nSPS) is 24.5. The number of carbonyl (C=O) groups excluding carboxylic acids is 1. The second-order valence-electron chi connectivity index (χ2n) is 4.77. The first-order chi connectivity index (χ1) is 7.97. The van der Waals surface area contributed by atoms with Gasteiger partial charge in [0, 0.05) is 26.1 Å². The summed E-state index contributed by atoms with van der Waals surface area (Å²) in [5.41, 5.74) is -0.0598. The van der Waals surface area contributed by atoms with Crippen LogP contribution >= 0.6 is 0 Å². The van der Waals surface area contributed by atoms with E-state index in [2.05, 4.69) is 5.32 Å². The van der Waals surface area contributed by atoms with Crippen LogP contribution in [0.25, 0.3) is 0 Å². The Morgan fingerprint density at radius 2 is 2.06 bits per heavy atom. The van der Waals surface area contributed by atoms with E-state index in [4.69, 9.17) is 5.26 Å². The van der Waals surface area contributed by atoms with Crippen molar-refractivity contribution in [1.82, 2.24) is 9.62 Å². The highest BCUT2D eigenvalue weighted by Crippen LogP contribution is 2.38. The van der Waals surface area contributed by atoms with Crippen LogP contribution < -0.4 is 5.32 Å². The Balaban J connectivity index is 1.99. The Morgan fingerprint density at radius 3 is 2.53 bits per heavy atom. The van der Waals surface area contributed by atoms with Crippen molar-refractivity contribution in [3.8, 4) is 6.07 Å². The largest absolute Gasteiger partial charge is 0.356 e. The summed E-state index contributed by atoms with van der Waals surface area (Å²) in [5, 5.41) is 11.3. The van der Waals surface area contributed by atoms with Gasteiger partial charge in [-0.05, 0) is 18.3 Å². The highest BCUT2D eigenvalue weighted by Gasteiger charge is 2.42. The molecule has 6 nitrogen and oxygen atoms in total. The molecule has 2 fully saturated rings. The SMILES string of the molecule is N#CCS(=O)(=O)N1CCC2(CC1)CNC(=O)C2. The molecule has 94 valence electrons. The van der Waals surface area contributed by atoms with Gasteiger partial charge in [-0.15, -0.1) is 0 Å². The van der Waals surface area contributed by atoms with E-state index in [9.17, 15) is 13.2 Å². The molecule has 0 aromatic rings. The first-order valence-corrected chi connectivity index (χ1v) is 7.20. The molecule has 0 aliphatic carbocycles. The van der Waals surface area contributed by atoms with Crippen molar-refractivity contribution in [2.75, 3.05) is 25.4 Å². The summed E-state index contributed by atoms with van der Waals surface area (Å²) in [7, 11) is -3.43. The zero-order valence-electron chi connectivity index (χ0n) is 9.48. The molecular weight excluding hydrogens is 242 g/mol. The number of sulfonamides is 1. The van der Waals surface area contributed by atoms with Crippen molar-refractivity contribution >= 4 is 15.9 Å². The molecule has 0 radical (unpaired) electrons. The second-order valence-corrected chi connectivity index (χ2v) is 6.74. The zero-order chi connectivity index (χ0) is 12.5. The van der Waals surface area contributed by atoms with E-state index < -0.39 is 15.8 Å². The fourth-order valence-electron chi connectivity index (χ4n) is 2.52. The maximum atomic E-state index is 11.7. The minimum absolute atomic E-state index is 0.0540. The van der Waals surface area contributed by atoms with Crippen molar-refractivity contribution in [1.29, 1.82) is 5.26 Å². The molecule has 2 aliphatic rings. The third-order valence-electron chi connectivity index (χ3n) is 3.62. The lowest BCUT2D eigenvalue weighted by Gasteiger charge is -2.37. The fourth-order valence-corrected chi connectivity index (χ4v) is 3.60. The van der Waals surface area contributed by atoms with Crippen LogP contribution in [0, 0.1) is 16.7 Å². The third-order valence-corrected chi connectivity index (χ3v) is 5.27. The van der Waals surface area contributed by atoms with Gasteiger partial charge in [0.1, 0.15) is 0 Å². The van der Waals surface area contributed by atoms with Gasteiger partial charge in [0.05, 0.1) is 6.07 Å². The molecule has 0 unspecified atom stereocenters. The number of hydrogen-bond acceptors (Lipinski definition) is 4. The quantitative estimate of drug-likeness (QED) is 0.718. The zero-order valence-corrected chi connectivity index (χ0v) is 10.3. The minimum atomic E-state index is -3.43. The van der Waals surface area contributed by atoms with E-state index >= 15 is 0 Å². The number of piperidine rings is 1. The summed E-state index contributed by atoms with van der Waals surface area (Å²) in [6.45, 7) is 1.48. The first kappa shape index (κ1) is 12.3. The molecule has 1 amide bonds. The van der Waals surface area contributed by atoms with Crippen LogP contribution in [0.3, 0.4) is 0 Å². The number of amides is 1. The monoisotopic (exact) mass is 257 g/mol. The summed E-state index contributed by atoms with van der Waals surface area (Å²) in [6.07, 6.45) is 1.88. The van der Waals surface area contributed by atoms with Crippen molar-refractivity contribution < 1.29 is 13.2 Å². The van der Waals surface area contributed by atoms with Gasteiger partial charge in [0.15, 0.2) is 5.75 Å². The number of nitrogens with zero attached hydrogens (tertiary/aromatic N) is 2. The summed E-state index contributed by atoms with van der Waals surface area (Å²) in [6, 6.07) is 1.68. The minimum Gasteiger partial charge on any atom is -0.356 e. The molecule has 1 N–H and O–H groups in total. The van der Waals surface area contributed by atoms with Gasteiger partial charge in [-0.25, -0.2) is 12.7 Å². The van der Waals surface area contributed by atoms with Gasteiger partial charge >= 0.3 is 0 Å². The number of rotatable bonds is 2. The Bertz CT molecular complexity index is 458. The molecular formula is C10H15N3O3S. The van der Waals surface area contributed by atoms with Crippen molar-refractivity contribution in [3.63, 3.8) is 0 Å². The lowest BCUT2D eigenvalue weighted by molar-refractivity contribution is -0.119. The lowest BCUT2D eigenvalue weighted by atomic mass is 9.78. The smallest absolute Gasteiger partial charge is 0.227 e. The molecule has 0 aromatic carbocycles. The Labute approximate surface area is 101 Å². The topological polar surface area (TPSA) is 90.3 Å². The summed E-state index contributed by atoms with van der Waals surface area (Å²) in [5.74, 6) is -0.407. The fraction of sp³-hybridized carbons (Fsp3) is 0.800. The number of carbonyl (C=O) groups is 1.